The maximum Gasteiger partial charge on any atom is 0.229 e. The molecule has 2 aromatic rings. The molecule has 0 unspecified atom stereocenters. The summed E-state index contributed by atoms with van der Waals surface area (Å²) in [4.78, 5) is 13.3. The summed E-state index contributed by atoms with van der Waals surface area (Å²) in [7, 11) is 3.17. The highest BCUT2D eigenvalue weighted by Gasteiger charge is 2.10. The number of amides is 1. The van der Waals surface area contributed by atoms with Crippen LogP contribution in [0.2, 0.25) is 0 Å². The monoisotopic (exact) mass is 305 g/mol. The molecule has 0 radical (unpaired) electrons. The second-order valence-corrected chi connectivity index (χ2v) is 6.02. The minimum Gasteiger partial charge on any atom is -0.493 e. The molecule has 5 heteroatoms. The van der Waals surface area contributed by atoms with Crippen molar-refractivity contribution in [3.63, 3.8) is 0 Å². The van der Waals surface area contributed by atoms with Gasteiger partial charge < -0.3 is 14.8 Å². The van der Waals surface area contributed by atoms with E-state index in [1.165, 1.54) is 10.4 Å². The van der Waals surface area contributed by atoms with Gasteiger partial charge in [-0.15, -0.1) is 11.3 Å². The van der Waals surface area contributed by atoms with Crippen molar-refractivity contribution in [3.05, 3.63) is 40.3 Å². The van der Waals surface area contributed by atoms with Gasteiger partial charge in [-0.2, -0.15) is 0 Å². The van der Waals surface area contributed by atoms with Crippen molar-refractivity contribution in [2.24, 2.45) is 0 Å². The number of rotatable bonds is 5. The van der Waals surface area contributed by atoms with Crippen LogP contribution in [0.15, 0.2) is 24.3 Å². The fourth-order valence-corrected chi connectivity index (χ4v) is 2.94. The fourth-order valence-electron chi connectivity index (χ4n) is 1.99. The lowest BCUT2D eigenvalue weighted by molar-refractivity contribution is -0.115. The maximum atomic E-state index is 12.1. The molecule has 0 aliphatic rings. The van der Waals surface area contributed by atoms with E-state index in [4.69, 9.17) is 9.47 Å². The molecule has 1 N–H and O–H groups in total. The van der Waals surface area contributed by atoms with E-state index in [1.54, 1.807) is 31.6 Å². The zero-order valence-electron chi connectivity index (χ0n) is 12.6. The summed E-state index contributed by atoms with van der Waals surface area (Å²) in [6.07, 6.45) is 0.302. The number of thiophene rings is 1. The molecule has 21 heavy (non-hydrogen) atoms. The maximum absolute atomic E-state index is 12.1. The zero-order valence-corrected chi connectivity index (χ0v) is 13.5. The number of hydrogen-bond donors (Lipinski definition) is 1. The predicted octanol–water partition coefficient (Wildman–Crippen LogP) is 3.56. The van der Waals surface area contributed by atoms with E-state index in [0.717, 1.165) is 10.6 Å². The van der Waals surface area contributed by atoms with E-state index in [1.807, 2.05) is 32.0 Å². The first kappa shape index (κ1) is 15.4. The third-order valence-electron chi connectivity index (χ3n) is 3.24. The van der Waals surface area contributed by atoms with E-state index in [-0.39, 0.29) is 5.91 Å². The highest BCUT2D eigenvalue weighted by atomic mass is 32.1. The first-order chi connectivity index (χ1) is 10.0. The Morgan fingerprint density at radius 2 is 1.86 bits per heavy atom. The Morgan fingerprint density at radius 1 is 1.14 bits per heavy atom. The van der Waals surface area contributed by atoms with Crippen LogP contribution < -0.4 is 14.8 Å². The number of aryl methyl sites for hydroxylation is 2. The van der Waals surface area contributed by atoms with E-state index in [0.29, 0.717) is 17.9 Å². The lowest BCUT2D eigenvalue weighted by atomic mass is 10.1. The van der Waals surface area contributed by atoms with Gasteiger partial charge in [0, 0.05) is 4.88 Å². The topological polar surface area (TPSA) is 47.6 Å². The van der Waals surface area contributed by atoms with Crippen molar-refractivity contribution in [3.8, 4) is 11.5 Å². The number of carbonyl (C=O) groups excluding carboxylic acids is 1. The third kappa shape index (κ3) is 3.76. The Bertz CT molecular complexity index is 629. The van der Waals surface area contributed by atoms with Gasteiger partial charge in [0.15, 0.2) is 11.5 Å². The molecule has 1 aromatic heterocycles. The van der Waals surface area contributed by atoms with Crippen molar-refractivity contribution in [1.29, 1.82) is 0 Å². The van der Waals surface area contributed by atoms with Crippen LogP contribution in [0, 0.1) is 13.8 Å². The quantitative estimate of drug-likeness (QED) is 0.918. The second kappa shape index (κ2) is 6.63. The second-order valence-electron chi connectivity index (χ2n) is 4.76. The molecule has 0 aliphatic heterocycles. The molecule has 0 fully saturated rings. The first-order valence-corrected chi connectivity index (χ1v) is 7.43. The van der Waals surface area contributed by atoms with Gasteiger partial charge >= 0.3 is 0 Å². The number of methoxy groups -OCH3 is 2. The summed E-state index contributed by atoms with van der Waals surface area (Å²) in [5.41, 5.74) is 2.08. The first-order valence-electron chi connectivity index (χ1n) is 6.61. The minimum absolute atomic E-state index is 0.0385. The molecule has 4 nitrogen and oxygen atoms in total. The Kier molecular flexibility index (Phi) is 4.85. The predicted molar refractivity (Wildman–Crippen MR) is 85.7 cm³/mol. The van der Waals surface area contributed by atoms with E-state index in [9.17, 15) is 4.79 Å². The van der Waals surface area contributed by atoms with Gasteiger partial charge in [0.25, 0.3) is 0 Å². The lowest BCUT2D eigenvalue weighted by Gasteiger charge is -2.09. The van der Waals surface area contributed by atoms with Gasteiger partial charge in [-0.05, 0) is 43.2 Å². The fraction of sp³-hybridized carbons (Fsp3) is 0.312. The Hall–Kier alpha value is -2.01. The number of ether oxygens (including phenoxy) is 2. The SMILES string of the molecule is COc1ccc(CC(=O)Nc2cc(C)c(C)s2)cc1OC. The normalized spacial score (nSPS) is 10.3. The van der Waals surface area contributed by atoms with Crippen LogP contribution in [0.1, 0.15) is 16.0 Å². The smallest absolute Gasteiger partial charge is 0.229 e. The van der Waals surface area contributed by atoms with Gasteiger partial charge in [-0.1, -0.05) is 6.07 Å². The van der Waals surface area contributed by atoms with Gasteiger partial charge in [0.2, 0.25) is 5.91 Å². The lowest BCUT2D eigenvalue weighted by Crippen LogP contribution is -2.13. The molecule has 112 valence electrons. The average molecular weight is 305 g/mol. The number of anilines is 1. The van der Waals surface area contributed by atoms with Crippen LogP contribution in [-0.4, -0.2) is 20.1 Å². The van der Waals surface area contributed by atoms with Crippen LogP contribution in [0.4, 0.5) is 5.00 Å². The molecule has 1 aromatic carbocycles. The summed E-state index contributed by atoms with van der Waals surface area (Å²) in [6.45, 7) is 4.08. The largest absolute Gasteiger partial charge is 0.493 e. The molecule has 0 saturated heterocycles. The van der Waals surface area contributed by atoms with Crippen LogP contribution >= 0.6 is 11.3 Å². The third-order valence-corrected chi connectivity index (χ3v) is 4.31. The molecular formula is C16H19NO3S. The van der Waals surface area contributed by atoms with Gasteiger partial charge in [0.05, 0.1) is 25.6 Å². The van der Waals surface area contributed by atoms with Crippen LogP contribution in [-0.2, 0) is 11.2 Å². The van der Waals surface area contributed by atoms with Crippen molar-refractivity contribution >= 4 is 22.2 Å². The molecular weight excluding hydrogens is 286 g/mol. The minimum atomic E-state index is -0.0385. The van der Waals surface area contributed by atoms with Crippen LogP contribution in [0.3, 0.4) is 0 Å². The van der Waals surface area contributed by atoms with Crippen molar-refractivity contribution in [2.45, 2.75) is 20.3 Å². The summed E-state index contributed by atoms with van der Waals surface area (Å²) < 4.78 is 10.4. The van der Waals surface area contributed by atoms with Crippen LogP contribution in [0.25, 0.3) is 0 Å². The number of hydrogen-bond acceptors (Lipinski definition) is 4. The number of benzene rings is 1. The van der Waals surface area contributed by atoms with E-state index >= 15 is 0 Å². The van der Waals surface area contributed by atoms with Crippen molar-refractivity contribution < 1.29 is 14.3 Å². The number of nitrogens with one attached hydrogen (secondary N) is 1. The Balaban J connectivity index is 2.05. The summed E-state index contributed by atoms with van der Waals surface area (Å²) in [5, 5.41) is 3.81. The highest BCUT2D eigenvalue weighted by Crippen LogP contribution is 2.28. The summed E-state index contributed by atoms with van der Waals surface area (Å²) in [6, 6.07) is 7.49. The van der Waals surface area contributed by atoms with Crippen LogP contribution in [0.5, 0.6) is 11.5 Å². The van der Waals surface area contributed by atoms with E-state index in [2.05, 4.69) is 5.32 Å². The molecule has 0 bridgehead atoms. The molecule has 1 amide bonds. The van der Waals surface area contributed by atoms with E-state index < -0.39 is 0 Å². The molecule has 0 saturated carbocycles. The van der Waals surface area contributed by atoms with Gasteiger partial charge in [-0.25, -0.2) is 0 Å². The van der Waals surface area contributed by atoms with Crippen molar-refractivity contribution in [1.82, 2.24) is 0 Å². The standard InChI is InChI=1S/C16H19NO3S/c1-10-7-16(21-11(10)2)17-15(18)9-12-5-6-13(19-3)14(8-12)20-4/h5-8H,9H2,1-4H3,(H,17,18). The summed E-state index contributed by atoms with van der Waals surface area (Å²) >= 11 is 1.59. The molecule has 0 aliphatic carbocycles. The Labute approximate surface area is 128 Å². The average Bonchev–Trinajstić information content (AvgIpc) is 2.76. The molecule has 2 rings (SSSR count). The van der Waals surface area contributed by atoms with Gasteiger partial charge in [0.1, 0.15) is 0 Å². The number of carbonyl (C=O) groups is 1. The molecule has 0 atom stereocenters. The zero-order chi connectivity index (χ0) is 15.4. The molecule has 1 heterocycles. The summed E-state index contributed by atoms with van der Waals surface area (Å²) in [5.74, 6) is 1.25. The molecule has 0 spiro atoms. The van der Waals surface area contributed by atoms with Crippen molar-refractivity contribution in [2.75, 3.05) is 19.5 Å². The highest BCUT2D eigenvalue weighted by molar-refractivity contribution is 7.16. The van der Waals surface area contributed by atoms with Gasteiger partial charge in [-0.3, -0.25) is 4.79 Å². The Morgan fingerprint density at radius 3 is 2.43 bits per heavy atom.